The standard InChI is InChI=1S/C24H14N2S/c25-15-20-13-19(11-12-26-20)17-7-5-16(6-8-17)18-9-10-24-22(14-18)21-3-1-2-4-23(21)27-24/h1-14H. The van der Waals surface area contributed by atoms with E-state index >= 15 is 0 Å². The fourth-order valence-corrected chi connectivity index (χ4v) is 4.52. The molecule has 2 nitrogen and oxygen atoms in total. The number of pyridine rings is 1. The van der Waals surface area contributed by atoms with Gasteiger partial charge in [0.15, 0.2) is 0 Å². The summed E-state index contributed by atoms with van der Waals surface area (Å²) in [5.41, 5.74) is 4.92. The molecular formula is C24H14N2S. The molecule has 0 bridgehead atoms. The van der Waals surface area contributed by atoms with E-state index in [9.17, 15) is 0 Å². The van der Waals surface area contributed by atoms with Crippen molar-refractivity contribution in [3.8, 4) is 28.3 Å². The summed E-state index contributed by atoms with van der Waals surface area (Å²) in [7, 11) is 0. The average Bonchev–Trinajstić information content (AvgIpc) is 3.12. The van der Waals surface area contributed by atoms with E-state index in [1.807, 2.05) is 23.5 Å². The highest BCUT2D eigenvalue weighted by atomic mass is 32.1. The van der Waals surface area contributed by atoms with Crippen molar-refractivity contribution in [3.63, 3.8) is 0 Å². The van der Waals surface area contributed by atoms with Crippen LogP contribution < -0.4 is 0 Å². The lowest BCUT2D eigenvalue weighted by Crippen LogP contribution is -1.84. The monoisotopic (exact) mass is 362 g/mol. The fourth-order valence-electron chi connectivity index (χ4n) is 3.43. The Morgan fingerprint density at radius 2 is 1.33 bits per heavy atom. The van der Waals surface area contributed by atoms with E-state index in [1.165, 1.54) is 31.3 Å². The second-order valence-corrected chi connectivity index (χ2v) is 7.51. The summed E-state index contributed by atoms with van der Waals surface area (Å²) < 4.78 is 2.64. The van der Waals surface area contributed by atoms with E-state index in [-0.39, 0.29) is 0 Å². The quantitative estimate of drug-likeness (QED) is 0.352. The predicted octanol–water partition coefficient (Wildman–Crippen LogP) is 6.66. The highest BCUT2D eigenvalue weighted by Crippen LogP contribution is 2.36. The van der Waals surface area contributed by atoms with Gasteiger partial charge in [0.2, 0.25) is 0 Å². The van der Waals surface area contributed by atoms with Gasteiger partial charge in [0.25, 0.3) is 0 Å². The highest BCUT2D eigenvalue weighted by molar-refractivity contribution is 7.25. The summed E-state index contributed by atoms with van der Waals surface area (Å²) in [5.74, 6) is 0. The van der Waals surface area contributed by atoms with Gasteiger partial charge >= 0.3 is 0 Å². The molecular weight excluding hydrogens is 348 g/mol. The SMILES string of the molecule is N#Cc1cc(-c2ccc(-c3ccc4sc5ccccc5c4c3)cc2)ccn1. The van der Waals surface area contributed by atoms with Gasteiger partial charge in [0.1, 0.15) is 11.8 Å². The molecule has 0 N–H and O–H groups in total. The van der Waals surface area contributed by atoms with E-state index in [4.69, 9.17) is 5.26 Å². The lowest BCUT2D eigenvalue weighted by atomic mass is 9.99. The van der Waals surface area contributed by atoms with Crippen LogP contribution in [0, 0.1) is 11.3 Å². The van der Waals surface area contributed by atoms with Crippen molar-refractivity contribution in [1.29, 1.82) is 5.26 Å². The molecule has 0 fully saturated rings. The van der Waals surface area contributed by atoms with Crippen molar-refractivity contribution in [3.05, 3.63) is 90.8 Å². The summed E-state index contributed by atoms with van der Waals surface area (Å²) in [4.78, 5) is 4.04. The maximum Gasteiger partial charge on any atom is 0.141 e. The second-order valence-electron chi connectivity index (χ2n) is 6.43. The Labute approximate surface area is 161 Å². The van der Waals surface area contributed by atoms with Crippen LogP contribution in [0.1, 0.15) is 5.69 Å². The molecule has 0 unspecified atom stereocenters. The van der Waals surface area contributed by atoms with Gasteiger partial charge in [-0.3, -0.25) is 0 Å². The van der Waals surface area contributed by atoms with E-state index in [0.29, 0.717) is 5.69 Å². The van der Waals surface area contributed by atoms with Crippen molar-refractivity contribution in [2.45, 2.75) is 0 Å². The van der Waals surface area contributed by atoms with Gasteiger partial charge in [-0.05, 0) is 52.6 Å². The Morgan fingerprint density at radius 1 is 0.667 bits per heavy atom. The third-order valence-electron chi connectivity index (χ3n) is 4.80. The molecule has 0 saturated heterocycles. The summed E-state index contributed by atoms with van der Waals surface area (Å²) in [6.45, 7) is 0. The van der Waals surface area contributed by atoms with Crippen molar-refractivity contribution in [2.75, 3.05) is 0 Å². The summed E-state index contributed by atoms with van der Waals surface area (Å²) in [6, 6.07) is 29.6. The summed E-state index contributed by atoms with van der Waals surface area (Å²) in [6.07, 6.45) is 1.68. The van der Waals surface area contributed by atoms with Gasteiger partial charge in [-0.2, -0.15) is 5.26 Å². The second kappa shape index (κ2) is 6.35. The zero-order valence-electron chi connectivity index (χ0n) is 14.4. The molecule has 2 heterocycles. The van der Waals surface area contributed by atoms with E-state index < -0.39 is 0 Å². The van der Waals surface area contributed by atoms with Crippen LogP contribution in [0.5, 0.6) is 0 Å². The third kappa shape index (κ3) is 2.77. The lowest BCUT2D eigenvalue weighted by Gasteiger charge is -2.06. The molecule has 126 valence electrons. The van der Waals surface area contributed by atoms with Crippen molar-refractivity contribution >= 4 is 31.5 Å². The number of fused-ring (bicyclic) bond motifs is 3. The first-order valence-electron chi connectivity index (χ1n) is 8.70. The Balaban J connectivity index is 1.56. The van der Waals surface area contributed by atoms with Crippen LogP contribution in [0.2, 0.25) is 0 Å². The molecule has 0 spiro atoms. The van der Waals surface area contributed by atoms with Gasteiger partial charge in [-0.25, -0.2) is 4.98 Å². The number of nitrogens with zero attached hydrogens (tertiary/aromatic N) is 2. The van der Waals surface area contributed by atoms with Crippen LogP contribution in [0.15, 0.2) is 85.1 Å². The minimum atomic E-state index is 0.436. The largest absolute Gasteiger partial charge is 0.246 e. The van der Waals surface area contributed by atoms with Gasteiger partial charge in [-0.15, -0.1) is 11.3 Å². The van der Waals surface area contributed by atoms with Crippen LogP contribution in [0.25, 0.3) is 42.4 Å². The fraction of sp³-hybridized carbons (Fsp3) is 0. The molecule has 5 aromatic rings. The zero-order chi connectivity index (χ0) is 18.2. The van der Waals surface area contributed by atoms with Crippen LogP contribution in [0.4, 0.5) is 0 Å². The van der Waals surface area contributed by atoms with Crippen LogP contribution in [-0.2, 0) is 0 Å². The molecule has 0 radical (unpaired) electrons. The van der Waals surface area contributed by atoms with Crippen LogP contribution >= 0.6 is 11.3 Å². The van der Waals surface area contributed by atoms with Gasteiger partial charge in [0.05, 0.1) is 0 Å². The van der Waals surface area contributed by atoms with Crippen LogP contribution in [-0.4, -0.2) is 4.98 Å². The molecule has 3 heteroatoms. The molecule has 0 aliphatic carbocycles. The molecule has 0 amide bonds. The first-order chi connectivity index (χ1) is 13.3. The number of hydrogen-bond acceptors (Lipinski definition) is 3. The number of hydrogen-bond donors (Lipinski definition) is 0. The molecule has 0 aliphatic heterocycles. The number of thiophene rings is 1. The maximum absolute atomic E-state index is 9.03. The Hall–Kier alpha value is -3.48. The van der Waals surface area contributed by atoms with Crippen molar-refractivity contribution < 1.29 is 0 Å². The Bertz CT molecular complexity index is 1320. The summed E-state index contributed by atoms with van der Waals surface area (Å²) >= 11 is 1.84. The van der Waals surface area contributed by atoms with E-state index in [0.717, 1.165) is 11.1 Å². The van der Waals surface area contributed by atoms with Gasteiger partial charge in [-0.1, -0.05) is 48.5 Å². The van der Waals surface area contributed by atoms with Gasteiger partial charge < -0.3 is 0 Å². The molecule has 0 saturated carbocycles. The Morgan fingerprint density at radius 3 is 2.11 bits per heavy atom. The number of rotatable bonds is 2. The van der Waals surface area contributed by atoms with Crippen molar-refractivity contribution in [1.82, 2.24) is 4.98 Å². The summed E-state index contributed by atoms with van der Waals surface area (Å²) in [5, 5.41) is 11.7. The third-order valence-corrected chi connectivity index (χ3v) is 5.95. The minimum absolute atomic E-state index is 0.436. The molecule has 3 aromatic carbocycles. The average molecular weight is 362 g/mol. The molecule has 2 aromatic heterocycles. The zero-order valence-corrected chi connectivity index (χ0v) is 15.2. The normalized spacial score (nSPS) is 10.9. The predicted molar refractivity (Wildman–Crippen MR) is 113 cm³/mol. The molecule has 5 rings (SSSR count). The van der Waals surface area contributed by atoms with E-state index in [1.54, 1.807) is 6.20 Å². The van der Waals surface area contributed by atoms with Crippen molar-refractivity contribution in [2.24, 2.45) is 0 Å². The number of nitriles is 1. The molecule has 0 atom stereocenters. The minimum Gasteiger partial charge on any atom is -0.246 e. The first-order valence-corrected chi connectivity index (χ1v) is 9.52. The molecule has 27 heavy (non-hydrogen) atoms. The number of aromatic nitrogens is 1. The number of benzene rings is 3. The topological polar surface area (TPSA) is 36.7 Å². The maximum atomic E-state index is 9.03. The van der Waals surface area contributed by atoms with Crippen LogP contribution in [0.3, 0.4) is 0 Å². The molecule has 0 aliphatic rings. The lowest BCUT2D eigenvalue weighted by molar-refractivity contribution is 1.26. The van der Waals surface area contributed by atoms with E-state index in [2.05, 4.69) is 77.8 Å². The first kappa shape index (κ1) is 15.7. The highest BCUT2D eigenvalue weighted by Gasteiger charge is 2.07. The smallest absolute Gasteiger partial charge is 0.141 e. The van der Waals surface area contributed by atoms with Gasteiger partial charge in [0, 0.05) is 26.4 Å². The Kier molecular flexibility index (Phi) is 3.71.